The Kier molecular flexibility index (Phi) is 24.4. The Labute approximate surface area is 54.8 Å². The first-order valence-corrected chi connectivity index (χ1v) is 4.50. The zero-order valence-electron chi connectivity index (χ0n) is 4.95. The Hall–Kier alpha value is 0.801. The molecule has 0 fully saturated rings. The van der Waals surface area contributed by atoms with Crippen molar-refractivity contribution in [3.63, 3.8) is 0 Å². The normalized spacial score (nSPS) is 6.00. The van der Waals surface area contributed by atoms with E-state index in [1.165, 1.54) is 0 Å². The molecule has 0 aliphatic rings. The minimum Gasteiger partial charge on any atom is -0.358 e. The van der Waals surface area contributed by atoms with Crippen LogP contribution in [0, 0.1) is 7.43 Å². The fourth-order valence-corrected chi connectivity index (χ4v) is 0. The molecule has 0 rings (SSSR count). The van der Waals surface area contributed by atoms with E-state index in [9.17, 15) is 0 Å². The fourth-order valence-electron chi connectivity index (χ4n) is 0. The van der Waals surface area contributed by atoms with Gasteiger partial charge in [0, 0.05) is 27.4 Å². The Morgan fingerprint density at radius 2 is 1.00 bits per heavy atom. The van der Waals surface area contributed by atoms with Crippen LogP contribution >= 0.6 is 0 Å². The van der Waals surface area contributed by atoms with Gasteiger partial charge in [-0.25, -0.2) is 0 Å². The summed E-state index contributed by atoms with van der Waals surface area (Å²) in [7, 11) is 0.120. The van der Waals surface area contributed by atoms with E-state index in [0.717, 1.165) is 0 Å². The molecule has 0 saturated carbocycles. The predicted octanol–water partition coefficient (Wildman–Crippen LogP) is 1.82. The standard InChI is InChI=1S/C3H9Si.CH3.V/c1-4(2)3;;/h1-3H3;1H3;/q;-1;. The summed E-state index contributed by atoms with van der Waals surface area (Å²) >= 11 is 0. The third-order valence-corrected chi connectivity index (χ3v) is 0. The van der Waals surface area contributed by atoms with Gasteiger partial charge in [0.1, 0.15) is 0 Å². The summed E-state index contributed by atoms with van der Waals surface area (Å²) in [5.41, 5.74) is 0. The minimum absolute atomic E-state index is 0. The molecule has 0 saturated heterocycles. The summed E-state index contributed by atoms with van der Waals surface area (Å²) in [5, 5.41) is 0. The zero-order chi connectivity index (χ0) is 3.58. The zero-order valence-corrected chi connectivity index (χ0v) is 7.34. The molecule has 0 unspecified atom stereocenters. The maximum atomic E-state index is 2.27. The van der Waals surface area contributed by atoms with Crippen LogP contribution in [-0.2, 0) is 18.6 Å². The quantitative estimate of drug-likeness (QED) is 0.354. The molecule has 0 aromatic rings. The van der Waals surface area contributed by atoms with Crippen molar-refractivity contribution in [2.45, 2.75) is 19.6 Å². The molecule has 0 aliphatic heterocycles. The van der Waals surface area contributed by atoms with Crippen molar-refractivity contribution in [2.75, 3.05) is 0 Å². The average Bonchev–Trinajstić information content (AvgIpc) is 0.811. The first-order chi connectivity index (χ1) is 1.73. The van der Waals surface area contributed by atoms with Gasteiger partial charge in [-0.1, -0.05) is 19.6 Å². The van der Waals surface area contributed by atoms with Gasteiger partial charge in [0.05, 0.1) is 0 Å². The molecule has 0 nitrogen and oxygen atoms in total. The molecule has 0 aromatic carbocycles. The summed E-state index contributed by atoms with van der Waals surface area (Å²) in [6.07, 6.45) is 0. The van der Waals surface area contributed by atoms with Gasteiger partial charge < -0.3 is 7.43 Å². The maximum Gasteiger partial charge on any atom is 0.0379 e. The topological polar surface area (TPSA) is 0 Å². The van der Waals surface area contributed by atoms with E-state index in [-0.39, 0.29) is 34.8 Å². The van der Waals surface area contributed by atoms with Crippen molar-refractivity contribution >= 4 is 8.80 Å². The van der Waals surface area contributed by atoms with Crippen molar-refractivity contribution in [3.05, 3.63) is 7.43 Å². The fraction of sp³-hybridized carbons (Fsp3) is 0.750. The van der Waals surface area contributed by atoms with E-state index < -0.39 is 0 Å². The van der Waals surface area contributed by atoms with E-state index in [1.807, 2.05) is 0 Å². The molecule has 38 valence electrons. The largest absolute Gasteiger partial charge is 0.358 e. The van der Waals surface area contributed by atoms with E-state index in [1.54, 1.807) is 0 Å². The van der Waals surface area contributed by atoms with E-state index >= 15 is 0 Å². The Bertz CT molecular complexity index is 12.3. The van der Waals surface area contributed by atoms with E-state index in [4.69, 9.17) is 0 Å². The molecule has 6 heavy (non-hydrogen) atoms. The molecule has 2 heteroatoms. The first kappa shape index (κ1) is 15.8. The van der Waals surface area contributed by atoms with E-state index in [2.05, 4.69) is 19.6 Å². The van der Waals surface area contributed by atoms with Gasteiger partial charge in [-0.05, 0) is 0 Å². The molecular formula is C4H12SiV-. The van der Waals surface area contributed by atoms with Crippen LogP contribution in [0.2, 0.25) is 19.6 Å². The Morgan fingerprint density at radius 3 is 1.00 bits per heavy atom. The number of hydrogen-bond donors (Lipinski definition) is 0. The molecule has 0 aromatic heterocycles. The smallest absolute Gasteiger partial charge is 0.0379 e. The van der Waals surface area contributed by atoms with Gasteiger partial charge in [-0.2, -0.15) is 0 Å². The third-order valence-electron chi connectivity index (χ3n) is 0. The van der Waals surface area contributed by atoms with Crippen LogP contribution in [0.25, 0.3) is 0 Å². The second kappa shape index (κ2) is 9.26. The minimum atomic E-state index is 0. The second-order valence-electron chi connectivity index (χ2n) is 1.50. The number of rotatable bonds is 0. The molecule has 0 amide bonds. The summed E-state index contributed by atoms with van der Waals surface area (Å²) in [6, 6.07) is 0. The van der Waals surface area contributed by atoms with Crippen LogP contribution in [0.1, 0.15) is 0 Å². The molecule has 0 N–H and O–H groups in total. The number of hydrogen-bond acceptors (Lipinski definition) is 0. The maximum absolute atomic E-state index is 2.27. The van der Waals surface area contributed by atoms with Crippen LogP contribution in [0.5, 0.6) is 0 Å². The monoisotopic (exact) mass is 139 g/mol. The Morgan fingerprint density at radius 1 is 1.00 bits per heavy atom. The summed E-state index contributed by atoms with van der Waals surface area (Å²) in [4.78, 5) is 0. The molecule has 0 bridgehead atoms. The van der Waals surface area contributed by atoms with E-state index in [0.29, 0.717) is 0 Å². The molecule has 0 heterocycles. The molecule has 0 spiro atoms. The van der Waals surface area contributed by atoms with Gasteiger partial charge >= 0.3 is 0 Å². The summed E-state index contributed by atoms with van der Waals surface area (Å²) < 4.78 is 0. The van der Waals surface area contributed by atoms with Gasteiger partial charge in [0.2, 0.25) is 0 Å². The van der Waals surface area contributed by atoms with Crippen molar-refractivity contribution in [1.29, 1.82) is 0 Å². The van der Waals surface area contributed by atoms with Gasteiger partial charge in [-0.3, -0.25) is 0 Å². The van der Waals surface area contributed by atoms with Crippen molar-refractivity contribution in [1.82, 2.24) is 0 Å². The van der Waals surface area contributed by atoms with Crippen LogP contribution in [0.15, 0.2) is 0 Å². The summed E-state index contributed by atoms with van der Waals surface area (Å²) in [6.45, 7) is 6.81. The molecule has 0 aliphatic carbocycles. The SMILES string of the molecule is C[Si](C)C.[CH3-].[V]. The van der Waals surface area contributed by atoms with Crippen molar-refractivity contribution in [3.8, 4) is 0 Å². The predicted molar refractivity (Wildman–Crippen MR) is 29.8 cm³/mol. The van der Waals surface area contributed by atoms with Crippen molar-refractivity contribution in [2.24, 2.45) is 0 Å². The van der Waals surface area contributed by atoms with Crippen LogP contribution < -0.4 is 0 Å². The van der Waals surface area contributed by atoms with Gasteiger partial charge in [0.25, 0.3) is 0 Å². The van der Waals surface area contributed by atoms with Gasteiger partial charge in [-0.15, -0.1) is 0 Å². The van der Waals surface area contributed by atoms with Crippen molar-refractivity contribution < 1.29 is 18.6 Å². The van der Waals surface area contributed by atoms with Crippen LogP contribution in [0.3, 0.4) is 0 Å². The second-order valence-corrected chi connectivity index (χ2v) is 4.50. The third kappa shape index (κ3) is 108. The first-order valence-electron chi connectivity index (χ1n) is 1.50. The molecule has 2 radical (unpaired) electrons. The molecule has 0 atom stereocenters. The summed E-state index contributed by atoms with van der Waals surface area (Å²) in [5.74, 6) is 0. The van der Waals surface area contributed by atoms with Crippen LogP contribution in [-0.4, -0.2) is 8.80 Å². The molecular weight excluding hydrogens is 127 g/mol. The Balaban J connectivity index is -0.0000000450. The van der Waals surface area contributed by atoms with Crippen LogP contribution in [0.4, 0.5) is 0 Å². The van der Waals surface area contributed by atoms with Gasteiger partial charge in [0.15, 0.2) is 0 Å². The average molecular weight is 139 g/mol.